The van der Waals surface area contributed by atoms with Crippen LogP contribution in [0.25, 0.3) is 0 Å². The normalized spacial score (nSPS) is 15.3. The lowest BCUT2D eigenvalue weighted by Crippen LogP contribution is -2.51. The van der Waals surface area contributed by atoms with E-state index in [4.69, 9.17) is 9.72 Å². The van der Waals surface area contributed by atoms with Crippen LogP contribution in [0.4, 0.5) is 17.2 Å². The molecular formula is C28H34N4O2. The Labute approximate surface area is 202 Å². The van der Waals surface area contributed by atoms with Gasteiger partial charge in [0.1, 0.15) is 24.2 Å². The molecule has 0 spiro atoms. The van der Waals surface area contributed by atoms with E-state index in [0.29, 0.717) is 13.2 Å². The second-order valence-corrected chi connectivity index (χ2v) is 8.85. The van der Waals surface area contributed by atoms with Crippen LogP contribution in [0.3, 0.4) is 0 Å². The molecule has 0 unspecified atom stereocenters. The van der Waals surface area contributed by atoms with E-state index in [9.17, 15) is 4.79 Å². The van der Waals surface area contributed by atoms with Gasteiger partial charge in [-0.15, -0.1) is 0 Å². The van der Waals surface area contributed by atoms with Crippen LogP contribution in [0, 0.1) is 6.92 Å². The maximum atomic E-state index is 12.8. The molecule has 1 amide bonds. The lowest BCUT2D eigenvalue weighted by molar-refractivity contribution is -0.119. The number of unbranched alkanes of at least 4 members (excludes halogenated alkanes) is 1. The number of hydrogen-bond acceptors (Lipinski definition) is 5. The number of hydrogen-bond donors (Lipinski definition) is 1. The van der Waals surface area contributed by atoms with E-state index in [0.717, 1.165) is 59.1 Å². The Balaban J connectivity index is 1.45. The number of anilines is 3. The fourth-order valence-electron chi connectivity index (χ4n) is 4.39. The van der Waals surface area contributed by atoms with Gasteiger partial charge in [0.05, 0.1) is 17.1 Å². The van der Waals surface area contributed by atoms with Gasteiger partial charge < -0.3 is 19.9 Å². The third-order valence-corrected chi connectivity index (χ3v) is 6.35. The van der Waals surface area contributed by atoms with Crippen LogP contribution in [-0.2, 0) is 17.9 Å². The Morgan fingerprint density at radius 3 is 2.50 bits per heavy atom. The molecule has 1 aliphatic rings. The fourth-order valence-corrected chi connectivity index (χ4v) is 4.39. The number of fused-ring (bicyclic) bond motifs is 1. The number of benzene rings is 2. The van der Waals surface area contributed by atoms with Crippen molar-refractivity contribution in [3.63, 3.8) is 0 Å². The first-order valence-electron chi connectivity index (χ1n) is 12.0. The SMILES string of the molecule is CCCCN1c2cc(NCc3ccc(OCc4ccccc4)cc3)nc(C)c2N(C)C(=O)[C@@H]1C. The number of aryl methyl sites for hydroxylation is 1. The molecular weight excluding hydrogens is 424 g/mol. The highest BCUT2D eigenvalue weighted by molar-refractivity contribution is 6.05. The summed E-state index contributed by atoms with van der Waals surface area (Å²) in [7, 11) is 1.85. The smallest absolute Gasteiger partial charge is 0.249 e. The number of nitrogens with zero attached hydrogens (tertiary/aromatic N) is 3. The van der Waals surface area contributed by atoms with Crippen molar-refractivity contribution in [2.45, 2.75) is 52.8 Å². The van der Waals surface area contributed by atoms with Crippen molar-refractivity contribution in [1.29, 1.82) is 0 Å². The van der Waals surface area contributed by atoms with Gasteiger partial charge in [0.25, 0.3) is 0 Å². The molecule has 2 heterocycles. The van der Waals surface area contributed by atoms with Gasteiger partial charge in [-0.3, -0.25) is 4.79 Å². The molecule has 0 saturated carbocycles. The molecule has 1 N–H and O–H groups in total. The molecule has 0 aliphatic carbocycles. The van der Waals surface area contributed by atoms with Crippen molar-refractivity contribution in [2.75, 3.05) is 28.7 Å². The minimum Gasteiger partial charge on any atom is -0.489 e. The number of aromatic nitrogens is 1. The molecule has 2 aromatic carbocycles. The Bertz CT molecular complexity index is 1120. The van der Waals surface area contributed by atoms with E-state index >= 15 is 0 Å². The molecule has 4 rings (SSSR count). The molecule has 6 heteroatoms. The molecule has 6 nitrogen and oxygen atoms in total. The lowest BCUT2D eigenvalue weighted by Gasteiger charge is -2.41. The topological polar surface area (TPSA) is 57.7 Å². The predicted octanol–water partition coefficient (Wildman–Crippen LogP) is 5.55. The summed E-state index contributed by atoms with van der Waals surface area (Å²) in [5.74, 6) is 1.78. The van der Waals surface area contributed by atoms with E-state index in [2.05, 4.69) is 47.5 Å². The van der Waals surface area contributed by atoms with Gasteiger partial charge in [0, 0.05) is 26.2 Å². The predicted molar refractivity (Wildman–Crippen MR) is 139 cm³/mol. The maximum absolute atomic E-state index is 12.8. The standard InChI is InChI=1S/C28H34N4O2/c1-5-6-16-32-21(3)28(33)31(4)27-20(2)30-26(17-25(27)32)29-18-22-12-14-24(15-13-22)34-19-23-10-8-7-9-11-23/h7-15,17,21H,5-6,16,18-19H2,1-4H3,(H,29,30)/t21-/m0/s1. The van der Waals surface area contributed by atoms with Crippen LogP contribution in [0.1, 0.15) is 43.5 Å². The van der Waals surface area contributed by atoms with E-state index in [1.165, 1.54) is 0 Å². The zero-order valence-electron chi connectivity index (χ0n) is 20.5. The maximum Gasteiger partial charge on any atom is 0.249 e. The summed E-state index contributed by atoms with van der Waals surface area (Å²) in [5.41, 5.74) is 5.13. The second kappa shape index (κ2) is 10.6. The summed E-state index contributed by atoms with van der Waals surface area (Å²) in [5, 5.41) is 3.46. The molecule has 1 atom stereocenters. The number of nitrogens with one attached hydrogen (secondary N) is 1. The third kappa shape index (κ3) is 5.16. The highest BCUT2D eigenvalue weighted by atomic mass is 16.5. The van der Waals surface area contributed by atoms with Crippen molar-refractivity contribution >= 4 is 23.1 Å². The quantitative estimate of drug-likeness (QED) is 0.455. The first-order valence-corrected chi connectivity index (χ1v) is 12.0. The molecule has 1 aliphatic heterocycles. The Morgan fingerprint density at radius 1 is 1.06 bits per heavy atom. The third-order valence-electron chi connectivity index (χ3n) is 6.35. The molecule has 0 fully saturated rings. The number of amides is 1. The van der Waals surface area contributed by atoms with E-state index in [1.54, 1.807) is 4.90 Å². The zero-order chi connectivity index (χ0) is 24.1. The van der Waals surface area contributed by atoms with Gasteiger partial charge in [0.15, 0.2) is 0 Å². The first kappa shape index (κ1) is 23.6. The summed E-state index contributed by atoms with van der Waals surface area (Å²) in [6, 6.07) is 20.2. The number of carbonyl (C=O) groups is 1. The van der Waals surface area contributed by atoms with E-state index in [1.807, 2.05) is 51.2 Å². The lowest BCUT2D eigenvalue weighted by atomic mass is 10.1. The van der Waals surface area contributed by atoms with Gasteiger partial charge in [-0.1, -0.05) is 55.8 Å². The van der Waals surface area contributed by atoms with Crippen LogP contribution in [0.15, 0.2) is 60.7 Å². The van der Waals surface area contributed by atoms with Crippen molar-refractivity contribution < 1.29 is 9.53 Å². The Hall–Kier alpha value is -3.54. The van der Waals surface area contributed by atoms with Crippen LogP contribution < -0.4 is 19.9 Å². The van der Waals surface area contributed by atoms with Crippen LogP contribution in [-0.4, -0.2) is 30.5 Å². The van der Waals surface area contributed by atoms with Gasteiger partial charge in [-0.05, 0) is 43.5 Å². The molecule has 0 saturated heterocycles. The summed E-state index contributed by atoms with van der Waals surface area (Å²) < 4.78 is 5.89. The average Bonchev–Trinajstić information content (AvgIpc) is 2.86. The van der Waals surface area contributed by atoms with Gasteiger partial charge in [-0.25, -0.2) is 4.98 Å². The van der Waals surface area contributed by atoms with Crippen molar-refractivity contribution in [2.24, 2.45) is 0 Å². The number of likely N-dealkylation sites (N-methyl/N-ethyl adjacent to an activating group) is 1. The fraction of sp³-hybridized carbons (Fsp3) is 0.357. The molecule has 3 aromatic rings. The first-order chi connectivity index (χ1) is 16.5. The molecule has 178 valence electrons. The van der Waals surface area contributed by atoms with Gasteiger partial charge in [-0.2, -0.15) is 0 Å². The molecule has 34 heavy (non-hydrogen) atoms. The highest BCUT2D eigenvalue weighted by Gasteiger charge is 2.35. The molecule has 0 bridgehead atoms. The van der Waals surface area contributed by atoms with Crippen LogP contribution in [0.5, 0.6) is 5.75 Å². The second-order valence-electron chi connectivity index (χ2n) is 8.85. The van der Waals surface area contributed by atoms with Crippen molar-refractivity contribution in [3.05, 3.63) is 77.5 Å². The van der Waals surface area contributed by atoms with Crippen molar-refractivity contribution in [3.8, 4) is 5.75 Å². The monoisotopic (exact) mass is 458 g/mol. The van der Waals surface area contributed by atoms with E-state index < -0.39 is 0 Å². The van der Waals surface area contributed by atoms with Crippen LogP contribution >= 0.6 is 0 Å². The Morgan fingerprint density at radius 2 is 1.79 bits per heavy atom. The zero-order valence-corrected chi connectivity index (χ0v) is 20.5. The number of rotatable bonds is 9. The average molecular weight is 459 g/mol. The summed E-state index contributed by atoms with van der Waals surface area (Å²) >= 11 is 0. The number of ether oxygens (including phenoxy) is 1. The summed E-state index contributed by atoms with van der Waals surface area (Å²) in [6.07, 6.45) is 2.13. The largest absolute Gasteiger partial charge is 0.489 e. The van der Waals surface area contributed by atoms with E-state index in [-0.39, 0.29) is 11.9 Å². The molecule has 1 aromatic heterocycles. The Kier molecular flexibility index (Phi) is 7.36. The van der Waals surface area contributed by atoms with Crippen LogP contribution in [0.2, 0.25) is 0 Å². The highest BCUT2D eigenvalue weighted by Crippen LogP contribution is 2.39. The minimum absolute atomic E-state index is 0.115. The van der Waals surface area contributed by atoms with Crippen molar-refractivity contribution in [1.82, 2.24) is 4.98 Å². The minimum atomic E-state index is -0.179. The number of carbonyl (C=O) groups excluding carboxylic acids is 1. The van der Waals surface area contributed by atoms with Gasteiger partial charge in [0.2, 0.25) is 5.91 Å². The molecule has 0 radical (unpaired) electrons. The summed E-state index contributed by atoms with van der Waals surface area (Å²) in [6.45, 7) is 8.20. The number of pyridine rings is 1. The summed E-state index contributed by atoms with van der Waals surface area (Å²) in [4.78, 5) is 21.5. The van der Waals surface area contributed by atoms with Gasteiger partial charge >= 0.3 is 0 Å².